The number of amides is 1. The van der Waals surface area contributed by atoms with Crippen molar-refractivity contribution in [1.82, 2.24) is 16.2 Å². The van der Waals surface area contributed by atoms with Gasteiger partial charge in [-0.15, -0.1) is 0 Å². The number of benzene rings is 1. The summed E-state index contributed by atoms with van der Waals surface area (Å²) in [6.45, 7) is 6.20. The van der Waals surface area contributed by atoms with Gasteiger partial charge >= 0.3 is 0 Å². The third kappa shape index (κ3) is 4.06. The van der Waals surface area contributed by atoms with E-state index in [1.807, 2.05) is 32.0 Å². The zero-order chi connectivity index (χ0) is 19.3. The molecule has 5 nitrogen and oxygen atoms in total. The van der Waals surface area contributed by atoms with Crippen LogP contribution in [-0.4, -0.2) is 23.9 Å². The quantitative estimate of drug-likeness (QED) is 0.405. The fraction of sp³-hybridized carbons (Fsp3) is 0.550. The Hall–Kier alpha value is -1.95. The molecular weight excluding hydrogens is 346 g/mol. The molecule has 0 spiro atoms. The Morgan fingerprint density at radius 3 is 2.46 bits per heavy atom. The molecule has 0 unspecified atom stereocenters. The second-order valence-corrected chi connectivity index (χ2v) is 7.56. The van der Waals surface area contributed by atoms with Crippen LogP contribution in [0, 0.1) is 5.92 Å². The van der Waals surface area contributed by atoms with Crippen LogP contribution in [-0.2, 0) is 16.6 Å². The first-order valence-electron chi connectivity index (χ1n) is 9.32. The molecule has 0 aliphatic heterocycles. The Bertz CT molecular complexity index is 696. The summed E-state index contributed by atoms with van der Waals surface area (Å²) in [5.41, 5.74) is 7.56. The molecule has 1 aliphatic rings. The average Bonchev–Trinajstić information content (AvgIpc) is 2.62. The molecule has 3 N–H and O–H groups in total. The normalized spacial score (nSPS) is 21.5. The molecule has 1 saturated carbocycles. The Morgan fingerprint density at radius 2 is 1.92 bits per heavy atom. The highest BCUT2D eigenvalue weighted by Crippen LogP contribution is 2.48. The summed E-state index contributed by atoms with van der Waals surface area (Å²) in [4.78, 5) is 25.5. The predicted octanol–water partition coefficient (Wildman–Crippen LogP) is 3.02. The molecule has 1 aromatic carbocycles. The number of ketones is 1. The van der Waals surface area contributed by atoms with Crippen LogP contribution >= 0.6 is 12.2 Å². The lowest BCUT2D eigenvalue weighted by Crippen LogP contribution is -2.57. The number of nitrogens with one attached hydrogen (secondary N) is 3. The summed E-state index contributed by atoms with van der Waals surface area (Å²) in [6.07, 6.45) is 3.68. The Balaban J connectivity index is 2.35. The smallest absolute Gasteiger partial charge is 0.249 e. The second-order valence-electron chi connectivity index (χ2n) is 7.15. The third-order valence-corrected chi connectivity index (χ3v) is 5.47. The zero-order valence-corrected chi connectivity index (χ0v) is 16.9. The number of hydrazine groups is 1. The van der Waals surface area contributed by atoms with E-state index in [2.05, 4.69) is 23.1 Å². The maximum atomic E-state index is 12.9. The summed E-state index contributed by atoms with van der Waals surface area (Å²) in [6, 6.07) is 5.95. The van der Waals surface area contributed by atoms with Crippen LogP contribution in [0.15, 0.2) is 18.2 Å². The summed E-state index contributed by atoms with van der Waals surface area (Å²) in [5, 5.41) is 3.13. The van der Waals surface area contributed by atoms with E-state index in [-0.39, 0.29) is 11.7 Å². The van der Waals surface area contributed by atoms with E-state index in [0.29, 0.717) is 17.5 Å². The van der Waals surface area contributed by atoms with Gasteiger partial charge in [-0.05, 0) is 61.0 Å². The van der Waals surface area contributed by atoms with Gasteiger partial charge in [0.15, 0.2) is 10.9 Å². The van der Waals surface area contributed by atoms with Crippen molar-refractivity contribution in [3.8, 4) is 0 Å². The van der Waals surface area contributed by atoms with Gasteiger partial charge in [0, 0.05) is 19.0 Å². The van der Waals surface area contributed by atoms with Gasteiger partial charge in [0.2, 0.25) is 5.91 Å². The first kappa shape index (κ1) is 20.4. The lowest BCUT2D eigenvalue weighted by Gasteiger charge is -2.45. The van der Waals surface area contributed by atoms with Crippen molar-refractivity contribution < 1.29 is 9.59 Å². The number of carbonyl (C=O) groups excluding carboxylic acids is 2. The molecule has 1 aromatic rings. The SMILES string of the molecule is CCCC(=O)c1cc(C2(C(=O)NNC(=S)NC)CC(C)C2)ccc1CC. The van der Waals surface area contributed by atoms with E-state index in [1.54, 1.807) is 7.05 Å². The number of Topliss-reactive ketones (excluding diaryl/α,β-unsaturated/α-hetero) is 1. The first-order chi connectivity index (χ1) is 12.4. The van der Waals surface area contributed by atoms with Gasteiger partial charge in [-0.2, -0.15) is 0 Å². The fourth-order valence-corrected chi connectivity index (χ4v) is 3.83. The maximum absolute atomic E-state index is 12.9. The summed E-state index contributed by atoms with van der Waals surface area (Å²) >= 11 is 5.03. The molecule has 0 atom stereocenters. The maximum Gasteiger partial charge on any atom is 0.249 e. The molecular formula is C20H29N3O2S. The van der Waals surface area contributed by atoms with Gasteiger partial charge in [0.25, 0.3) is 0 Å². The van der Waals surface area contributed by atoms with Gasteiger partial charge in [-0.25, -0.2) is 0 Å². The number of hydrogen-bond acceptors (Lipinski definition) is 3. The predicted molar refractivity (Wildman–Crippen MR) is 108 cm³/mol. The van der Waals surface area contributed by atoms with E-state index >= 15 is 0 Å². The molecule has 2 rings (SSSR count). The van der Waals surface area contributed by atoms with Crippen LogP contribution < -0.4 is 16.2 Å². The van der Waals surface area contributed by atoms with E-state index in [9.17, 15) is 9.59 Å². The number of carbonyl (C=O) groups is 2. The number of aryl methyl sites for hydroxylation is 1. The lowest BCUT2D eigenvalue weighted by molar-refractivity contribution is -0.132. The van der Waals surface area contributed by atoms with Crippen molar-refractivity contribution in [3.63, 3.8) is 0 Å². The molecule has 0 radical (unpaired) electrons. The van der Waals surface area contributed by atoms with E-state index in [1.165, 1.54) is 0 Å². The molecule has 26 heavy (non-hydrogen) atoms. The molecule has 0 aromatic heterocycles. The van der Waals surface area contributed by atoms with Crippen molar-refractivity contribution in [2.24, 2.45) is 5.92 Å². The molecule has 0 bridgehead atoms. The molecule has 6 heteroatoms. The first-order valence-corrected chi connectivity index (χ1v) is 9.73. The van der Waals surface area contributed by atoms with E-state index in [0.717, 1.165) is 42.4 Å². The minimum Gasteiger partial charge on any atom is -0.364 e. The number of thiocarbonyl (C=S) groups is 1. The number of rotatable bonds is 6. The van der Waals surface area contributed by atoms with Crippen LogP contribution in [0.1, 0.15) is 67.9 Å². The molecule has 0 saturated heterocycles. The summed E-state index contributed by atoms with van der Waals surface area (Å²) < 4.78 is 0. The van der Waals surface area contributed by atoms with Crippen molar-refractivity contribution in [1.29, 1.82) is 0 Å². The fourth-order valence-electron chi connectivity index (χ4n) is 3.78. The zero-order valence-electron chi connectivity index (χ0n) is 16.1. The Morgan fingerprint density at radius 1 is 1.23 bits per heavy atom. The van der Waals surface area contributed by atoms with Gasteiger partial charge in [-0.1, -0.05) is 32.9 Å². The minimum atomic E-state index is -0.608. The highest BCUT2D eigenvalue weighted by molar-refractivity contribution is 7.80. The van der Waals surface area contributed by atoms with E-state index < -0.39 is 5.41 Å². The van der Waals surface area contributed by atoms with Crippen LogP contribution in [0.3, 0.4) is 0 Å². The van der Waals surface area contributed by atoms with Gasteiger partial charge in [0.1, 0.15) is 0 Å². The van der Waals surface area contributed by atoms with Crippen LogP contribution in [0.5, 0.6) is 0 Å². The topological polar surface area (TPSA) is 70.2 Å². The molecule has 1 aliphatic carbocycles. The van der Waals surface area contributed by atoms with Crippen molar-refractivity contribution >= 4 is 29.0 Å². The van der Waals surface area contributed by atoms with Gasteiger partial charge in [0.05, 0.1) is 5.41 Å². The lowest BCUT2D eigenvalue weighted by atomic mass is 9.58. The molecule has 0 heterocycles. The van der Waals surface area contributed by atoms with E-state index in [4.69, 9.17) is 12.2 Å². The summed E-state index contributed by atoms with van der Waals surface area (Å²) in [5.74, 6) is 0.521. The Labute approximate surface area is 161 Å². The largest absolute Gasteiger partial charge is 0.364 e. The molecule has 1 amide bonds. The summed E-state index contributed by atoms with van der Waals surface area (Å²) in [7, 11) is 1.69. The van der Waals surface area contributed by atoms with Gasteiger partial charge in [-0.3, -0.25) is 20.4 Å². The third-order valence-electron chi connectivity index (χ3n) is 5.17. The van der Waals surface area contributed by atoms with Crippen molar-refractivity contribution in [2.75, 3.05) is 7.05 Å². The highest BCUT2D eigenvalue weighted by atomic mass is 32.1. The second kappa shape index (κ2) is 8.62. The van der Waals surface area contributed by atoms with Gasteiger partial charge < -0.3 is 5.32 Å². The van der Waals surface area contributed by atoms with Crippen LogP contribution in [0.2, 0.25) is 0 Å². The molecule has 1 fully saturated rings. The highest BCUT2D eigenvalue weighted by Gasteiger charge is 2.50. The van der Waals surface area contributed by atoms with Crippen LogP contribution in [0.25, 0.3) is 0 Å². The average molecular weight is 376 g/mol. The minimum absolute atomic E-state index is 0.105. The standard InChI is InChI=1S/C20H29N3O2S/c1-5-7-17(24)16-10-15(9-8-14(16)6-2)20(11-13(3)12-20)18(25)22-23-19(26)21-4/h8-10,13H,5-7,11-12H2,1-4H3,(H,22,25)(H2,21,23,26). The van der Waals surface area contributed by atoms with Crippen molar-refractivity contribution in [3.05, 3.63) is 34.9 Å². The number of hydrogen-bond donors (Lipinski definition) is 3. The Kier molecular flexibility index (Phi) is 6.75. The van der Waals surface area contributed by atoms with Crippen LogP contribution in [0.4, 0.5) is 0 Å². The monoisotopic (exact) mass is 375 g/mol. The molecule has 142 valence electrons. The van der Waals surface area contributed by atoms with Crippen molar-refractivity contribution in [2.45, 2.75) is 58.3 Å².